The summed E-state index contributed by atoms with van der Waals surface area (Å²) >= 11 is 1.56. The maximum absolute atomic E-state index is 11.8. The van der Waals surface area contributed by atoms with Crippen LogP contribution in [0.3, 0.4) is 0 Å². The van der Waals surface area contributed by atoms with Gasteiger partial charge in [0.1, 0.15) is 0 Å². The molecule has 0 fully saturated rings. The second kappa shape index (κ2) is 5.86. The van der Waals surface area contributed by atoms with Crippen molar-refractivity contribution in [2.75, 3.05) is 0 Å². The topological polar surface area (TPSA) is 37.3 Å². The van der Waals surface area contributed by atoms with E-state index in [1.54, 1.807) is 11.3 Å². The van der Waals surface area contributed by atoms with Gasteiger partial charge in [-0.05, 0) is 55.2 Å². The minimum atomic E-state index is -0.853. The molecule has 1 aromatic carbocycles. The number of aryl methyl sites for hydroxylation is 2. The van der Waals surface area contributed by atoms with Crippen LogP contribution in [0.4, 0.5) is 0 Å². The van der Waals surface area contributed by atoms with Gasteiger partial charge in [0.2, 0.25) is 0 Å². The van der Waals surface area contributed by atoms with Crippen molar-refractivity contribution in [3.8, 4) is 11.8 Å². The first-order valence-electron chi connectivity index (χ1n) is 7.82. The molecule has 3 rings (SSSR count). The molecule has 0 bridgehead atoms. The summed E-state index contributed by atoms with van der Waals surface area (Å²) in [5.74, 6) is 5.36. The van der Waals surface area contributed by atoms with Crippen LogP contribution in [0.15, 0.2) is 24.3 Å². The first-order valence-corrected chi connectivity index (χ1v) is 8.64. The number of thiophene rings is 1. The summed E-state index contributed by atoms with van der Waals surface area (Å²) < 4.78 is 0. The van der Waals surface area contributed by atoms with E-state index in [4.69, 9.17) is 0 Å². The summed E-state index contributed by atoms with van der Waals surface area (Å²) in [7, 11) is 0. The molecule has 0 unspecified atom stereocenters. The Labute approximate surface area is 141 Å². The van der Waals surface area contributed by atoms with Crippen LogP contribution < -0.4 is 0 Å². The lowest BCUT2D eigenvalue weighted by Crippen LogP contribution is -2.22. The molecular weight excluding hydrogens is 304 g/mol. The number of carboxylic acids is 1. The molecule has 1 heterocycles. The number of benzene rings is 1. The van der Waals surface area contributed by atoms with E-state index in [0.717, 1.165) is 30.4 Å². The second-order valence-corrected chi connectivity index (χ2v) is 8.08. The molecule has 0 radical (unpaired) electrons. The molecule has 1 N–H and O–H groups in total. The Kier molecular flexibility index (Phi) is 4.04. The SMILES string of the molecule is Cc1ccc(C#Cc2sc3c(c2C(=O)O)CC(C)(C)CC3)cc1. The molecule has 1 aromatic heterocycles. The van der Waals surface area contributed by atoms with E-state index in [1.807, 2.05) is 31.2 Å². The zero-order valence-electron chi connectivity index (χ0n) is 13.7. The molecule has 1 aliphatic rings. The van der Waals surface area contributed by atoms with Crippen molar-refractivity contribution in [2.45, 2.75) is 40.0 Å². The third-order valence-electron chi connectivity index (χ3n) is 4.36. The molecule has 118 valence electrons. The minimum Gasteiger partial charge on any atom is -0.478 e. The number of carbonyl (C=O) groups is 1. The molecule has 23 heavy (non-hydrogen) atoms. The Morgan fingerprint density at radius 1 is 1.22 bits per heavy atom. The monoisotopic (exact) mass is 324 g/mol. The Balaban J connectivity index is 2.02. The molecule has 0 amide bonds. The molecule has 0 atom stereocenters. The summed E-state index contributed by atoms with van der Waals surface area (Å²) in [6, 6.07) is 7.98. The zero-order chi connectivity index (χ0) is 16.6. The van der Waals surface area contributed by atoms with Crippen LogP contribution >= 0.6 is 11.3 Å². The van der Waals surface area contributed by atoms with Crippen LogP contribution in [0.1, 0.15) is 57.1 Å². The van der Waals surface area contributed by atoms with Gasteiger partial charge in [-0.25, -0.2) is 4.79 Å². The van der Waals surface area contributed by atoms with Crippen molar-refractivity contribution in [1.82, 2.24) is 0 Å². The van der Waals surface area contributed by atoms with Crippen LogP contribution in [0.2, 0.25) is 0 Å². The number of rotatable bonds is 1. The highest BCUT2D eigenvalue weighted by Crippen LogP contribution is 2.41. The Hall–Kier alpha value is -2.05. The highest BCUT2D eigenvalue weighted by atomic mass is 32.1. The van der Waals surface area contributed by atoms with Crippen molar-refractivity contribution in [3.63, 3.8) is 0 Å². The third kappa shape index (κ3) is 3.33. The van der Waals surface area contributed by atoms with Crippen LogP contribution in [0.5, 0.6) is 0 Å². The number of hydrogen-bond acceptors (Lipinski definition) is 2. The van der Waals surface area contributed by atoms with Gasteiger partial charge in [-0.15, -0.1) is 11.3 Å². The molecule has 3 heteroatoms. The Bertz CT molecular complexity index is 814. The van der Waals surface area contributed by atoms with Crippen molar-refractivity contribution < 1.29 is 9.90 Å². The van der Waals surface area contributed by atoms with Crippen molar-refractivity contribution in [2.24, 2.45) is 5.41 Å². The van der Waals surface area contributed by atoms with Gasteiger partial charge in [0.25, 0.3) is 0 Å². The number of fused-ring (bicyclic) bond motifs is 1. The normalized spacial score (nSPS) is 15.4. The van der Waals surface area contributed by atoms with Crippen molar-refractivity contribution in [3.05, 3.63) is 56.3 Å². The van der Waals surface area contributed by atoms with E-state index in [-0.39, 0.29) is 5.41 Å². The number of hydrogen-bond donors (Lipinski definition) is 1. The van der Waals surface area contributed by atoms with Gasteiger partial charge in [-0.2, -0.15) is 0 Å². The van der Waals surface area contributed by atoms with Gasteiger partial charge in [-0.3, -0.25) is 0 Å². The largest absolute Gasteiger partial charge is 0.478 e. The highest BCUT2D eigenvalue weighted by Gasteiger charge is 2.32. The summed E-state index contributed by atoms with van der Waals surface area (Å²) in [6.45, 7) is 6.45. The van der Waals surface area contributed by atoms with Crippen molar-refractivity contribution >= 4 is 17.3 Å². The number of carboxylic acid groups (broad SMARTS) is 1. The maximum Gasteiger partial charge on any atom is 0.338 e. The Morgan fingerprint density at radius 2 is 1.91 bits per heavy atom. The highest BCUT2D eigenvalue weighted by molar-refractivity contribution is 7.13. The average Bonchev–Trinajstić information content (AvgIpc) is 2.83. The lowest BCUT2D eigenvalue weighted by molar-refractivity contribution is 0.0695. The quantitative estimate of drug-likeness (QED) is 0.774. The van der Waals surface area contributed by atoms with E-state index in [0.29, 0.717) is 10.4 Å². The standard InChI is InChI=1S/C20H20O2S/c1-13-4-6-14(7-5-13)8-9-17-18(19(21)22)15-12-20(2,3)11-10-16(15)23-17/h4-7H,10-12H2,1-3H3,(H,21,22). The molecule has 2 nitrogen and oxygen atoms in total. The molecule has 0 saturated heterocycles. The summed E-state index contributed by atoms with van der Waals surface area (Å²) in [6.07, 6.45) is 2.89. The molecule has 0 aliphatic heterocycles. The first-order chi connectivity index (χ1) is 10.9. The zero-order valence-corrected chi connectivity index (χ0v) is 14.5. The smallest absolute Gasteiger partial charge is 0.338 e. The molecule has 1 aliphatic carbocycles. The van der Waals surface area contributed by atoms with E-state index in [2.05, 4.69) is 25.7 Å². The molecular formula is C20H20O2S. The van der Waals surface area contributed by atoms with Gasteiger partial charge in [0.15, 0.2) is 0 Å². The van der Waals surface area contributed by atoms with Crippen LogP contribution in [0, 0.1) is 24.2 Å². The summed E-state index contributed by atoms with van der Waals surface area (Å²) in [5.41, 5.74) is 3.71. The van der Waals surface area contributed by atoms with Gasteiger partial charge < -0.3 is 5.11 Å². The lowest BCUT2D eigenvalue weighted by Gasteiger charge is -2.29. The molecule has 2 aromatic rings. The van der Waals surface area contributed by atoms with Gasteiger partial charge >= 0.3 is 5.97 Å². The van der Waals surface area contributed by atoms with E-state index in [9.17, 15) is 9.90 Å². The lowest BCUT2D eigenvalue weighted by atomic mass is 9.76. The predicted octanol–water partition coefficient (Wildman–Crippen LogP) is 4.67. The second-order valence-electron chi connectivity index (χ2n) is 6.97. The fraction of sp³-hybridized carbons (Fsp3) is 0.350. The van der Waals surface area contributed by atoms with Gasteiger partial charge in [0, 0.05) is 10.4 Å². The van der Waals surface area contributed by atoms with E-state index in [1.165, 1.54) is 10.4 Å². The number of aromatic carboxylic acids is 1. The van der Waals surface area contributed by atoms with E-state index >= 15 is 0 Å². The fourth-order valence-electron chi connectivity index (χ4n) is 3.00. The first kappa shape index (κ1) is 15.8. The van der Waals surface area contributed by atoms with Gasteiger partial charge in [0.05, 0.1) is 10.4 Å². The van der Waals surface area contributed by atoms with Crippen molar-refractivity contribution in [1.29, 1.82) is 0 Å². The summed E-state index contributed by atoms with van der Waals surface area (Å²) in [5, 5.41) is 9.65. The molecule has 0 spiro atoms. The Morgan fingerprint density at radius 3 is 2.57 bits per heavy atom. The maximum atomic E-state index is 11.8. The fourth-order valence-corrected chi connectivity index (χ4v) is 4.16. The molecule has 0 saturated carbocycles. The van der Waals surface area contributed by atoms with E-state index < -0.39 is 5.97 Å². The minimum absolute atomic E-state index is 0.167. The van der Waals surface area contributed by atoms with Gasteiger partial charge in [-0.1, -0.05) is 37.5 Å². The predicted molar refractivity (Wildman–Crippen MR) is 94.2 cm³/mol. The van der Waals surface area contributed by atoms with Crippen LogP contribution in [0.25, 0.3) is 0 Å². The third-order valence-corrected chi connectivity index (χ3v) is 5.57. The van der Waals surface area contributed by atoms with Crippen LogP contribution in [-0.2, 0) is 12.8 Å². The average molecular weight is 324 g/mol. The summed E-state index contributed by atoms with van der Waals surface area (Å²) in [4.78, 5) is 13.7. The van der Waals surface area contributed by atoms with Crippen LogP contribution in [-0.4, -0.2) is 11.1 Å².